The molecule has 2 aromatic rings. The molecule has 0 spiro atoms. The molecule has 0 unspecified atom stereocenters. The topological polar surface area (TPSA) is 58.6 Å². The quantitative estimate of drug-likeness (QED) is 0.729. The number of alkyl halides is 3. The van der Waals surface area contributed by atoms with Crippen molar-refractivity contribution in [2.24, 2.45) is 5.92 Å². The number of hydrogen-bond acceptors (Lipinski definition) is 3. The fourth-order valence-electron chi connectivity index (χ4n) is 3.18. The zero-order valence-electron chi connectivity index (χ0n) is 16.1. The Hall–Kier alpha value is -3.29. The van der Waals surface area contributed by atoms with E-state index in [0.29, 0.717) is 31.6 Å². The Morgan fingerprint density at radius 3 is 2.23 bits per heavy atom. The minimum Gasteiger partial charge on any atom is -0.406 e. The Bertz CT molecular complexity index is 888. The van der Waals surface area contributed by atoms with Gasteiger partial charge in [0.05, 0.1) is 0 Å². The monoisotopic (exact) mass is 418 g/mol. The van der Waals surface area contributed by atoms with Gasteiger partial charge in [0.15, 0.2) is 0 Å². The fourth-order valence-corrected chi connectivity index (χ4v) is 3.18. The number of rotatable bonds is 5. The molecule has 0 aromatic heterocycles. The highest BCUT2D eigenvalue weighted by Gasteiger charge is 2.31. The summed E-state index contributed by atoms with van der Waals surface area (Å²) in [5.41, 5.74) is 1.32. The van der Waals surface area contributed by atoms with Gasteiger partial charge < -0.3 is 15.0 Å². The van der Waals surface area contributed by atoms with E-state index in [1.807, 2.05) is 30.3 Å². The van der Waals surface area contributed by atoms with Crippen LogP contribution in [0.1, 0.15) is 18.4 Å². The highest BCUT2D eigenvalue weighted by molar-refractivity contribution is 5.94. The molecule has 2 amide bonds. The summed E-state index contributed by atoms with van der Waals surface area (Å²) in [4.78, 5) is 26.4. The fraction of sp³-hybridized carbons (Fsp3) is 0.273. The lowest BCUT2D eigenvalue weighted by Gasteiger charge is -2.30. The van der Waals surface area contributed by atoms with Gasteiger partial charge >= 0.3 is 6.36 Å². The molecular formula is C22H21F3N2O3. The predicted molar refractivity (Wildman–Crippen MR) is 107 cm³/mol. The van der Waals surface area contributed by atoms with Gasteiger partial charge in [-0.05, 0) is 48.7 Å². The minimum absolute atomic E-state index is 0.0991. The number of anilines is 1. The van der Waals surface area contributed by atoms with Gasteiger partial charge in [-0.3, -0.25) is 9.59 Å². The van der Waals surface area contributed by atoms with E-state index in [9.17, 15) is 22.8 Å². The number of nitrogens with zero attached hydrogens (tertiary/aromatic N) is 1. The van der Waals surface area contributed by atoms with Gasteiger partial charge in [-0.15, -0.1) is 13.2 Å². The van der Waals surface area contributed by atoms with Crippen LogP contribution in [0.3, 0.4) is 0 Å². The molecule has 30 heavy (non-hydrogen) atoms. The number of carbonyl (C=O) groups is 2. The molecule has 0 atom stereocenters. The first-order chi connectivity index (χ1) is 14.3. The lowest BCUT2D eigenvalue weighted by atomic mass is 9.95. The third-order valence-electron chi connectivity index (χ3n) is 4.75. The van der Waals surface area contributed by atoms with E-state index in [2.05, 4.69) is 10.1 Å². The van der Waals surface area contributed by atoms with Crippen LogP contribution in [0.2, 0.25) is 0 Å². The first kappa shape index (κ1) is 21.4. The Labute approximate surface area is 172 Å². The number of piperidine rings is 1. The Morgan fingerprint density at radius 2 is 1.63 bits per heavy atom. The number of amides is 2. The summed E-state index contributed by atoms with van der Waals surface area (Å²) < 4.78 is 40.4. The van der Waals surface area contributed by atoms with Crippen LogP contribution in [-0.4, -0.2) is 36.2 Å². The zero-order valence-corrected chi connectivity index (χ0v) is 16.1. The first-order valence-electron chi connectivity index (χ1n) is 9.49. The molecule has 0 radical (unpaired) electrons. The summed E-state index contributed by atoms with van der Waals surface area (Å²) in [6.45, 7) is 0.933. The van der Waals surface area contributed by atoms with E-state index in [0.717, 1.165) is 17.7 Å². The van der Waals surface area contributed by atoms with Gasteiger partial charge in [0.2, 0.25) is 11.8 Å². The Kier molecular flexibility index (Phi) is 6.76. The van der Waals surface area contributed by atoms with Crippen LogP contribution >= 0.6 is 0 Å². The van der Waals surface area contributed by atoms with Crippen LogP contribution < -0.4 is 10.1 Å². The standard InChI is InChI=1S/C22H21F3N2O3/c23-22(24,25)30-19-9-7-18(8-10-19)26-21(29)17-12-14-27(15-13-17)20(28)11-6-16-4-2-1-3-5-16/h1-11,17H,12-15H2,(H,26,29)/b11-6-. The molecule has 1 heterocycles. The second-order valence-corrected chi connectivity index (χ2v) is 6.91. The van der Waals surface area contributed by atoms with Gasteiger partial charge in [-0.2, -0.15) is 0 Å². The molecule has 1 saturated heterocycles. The number of benzene rings is 2. The first-order valence-corrected chi connectivity index (χ1v) is 9.49. The maximum Gasteiger partial charge on any atom is 0.573 e. The maximum atomic E-state index is 12.4. The average Bonchev–Trinajstić information content (AvgIpc) is 2.73. The van der Waals surface area contributed by atoms with Crippen molar-refractivity contribution in [2.45, 2.75) is 19.2 Å². The lowest BCUT2D eigenvalue weighted by molar-refractivity contribution is -0.274. The lowest BCUT2D eigenvalue weighted by Crippen LogP contribution is -2.40. The van der Waals surface area contributed by atoms with Crippen molar-refractivity contribution < 1.29 is 27.5 Å². The molecule has 1 N–H and O–H groups in total. The van der Waals surface area contributed by atoms with Crippen molar-refractivity contribution in [1.82, 2.24) is 4.90 Å². The van der Waals surface area contributed by atoms with E-state index in [-0.39, 0.29) is 23.5 Å². The second kappa shape index (κ2) is 9.47. The van der Waals surface area contributed by atoms with E-state index in [1.165, 1.54) is 18.2 Å². The summed E-state index contributed by atoms with van der Waals surface area (Å²) >= 11 is 0. The minimum atomic E-state index is -4.76. The summed E-state index contributed by atoms with van der Waals surface area (Å²) in [6.07, 6.45) is -0.432. The van der Waals surface area contributed by atoms with Crippen molar-refractivity contribution in [3.63, 3.8) is 0 Å². The molecular weight excluding hydrogens is 397 g/mol. The molecule has 0 bridgehead atoms. The number of halogens is 3. The van der Waals surface area contributed by atoms with Gasteiger partial charge in [0.25, 0.3) is 0 Å². The molecule has 158 valence electrons. The van der Waals surface area contributed by atoms with E-state index in [1.54, 1.807) is 11.0 Å². The molecule has 8 heteroatoms. The van der Waals surface area contributed by atoms with Crippen LogP contribution in [0.15, 0.2) is 60.7 Å². The number of hydrogen-bond donors (Lipinski definition) is 1. The molecule has 5 nitrogen and oxygen atoms in total. The van der Waals surface area contributed by atoms with E-state index in [4.69, 9.17) is 0 Å². The summed E-state index contributed by atoms with van der Waals surface area (Å²) in [5.74, 6) is -0.932. The molecule has 2 aromatic carbocycles. The van der Waals surface area contributed by atoms with Crippen LogP contribution in [-0.2, 0) is 9.59 Å². The van der Waals surface area contributed by atoms with Gasteiger partial charge in [0, 0.05) is 30.8 Å². The average molecular weight is 418 g/mol. The normalized spacial score (nSPS) is 15.2. The molecule has 3 rings (SSSR count). The van der Waals surface area contributed by atoms with E-state index < -0.39 is 6.36 Å². The summed E-state index contributed by atoms with van der Waals surface area (Å²) in [7, 11) is 0. The third kappa shape index (κ3) is 6.37. The van der Waals surface area contributed by atoms with Gasteiger partial charge in [-0.25, -0.2) is 0 Å². The molecule has 1 aliphatic rings. The number of ether oxygens (including phenoxy) is 1. The molecule has 0 aliphatic carbocycles. The van der Waals surface area contributed by atoms with Crippen LogP contribution in [0.4, 0.5) is 18.9 Å². The summed E-state index contributed by atoms with van der Waals surface area (Å²) in [5, 5.41) is 2.70. The van der Waals surface area contributed by atoms with Crippen molar-refractivity contribution >= 4 is 23.6 Å². The van der Waals surface area contributed by atoms with Crippen molar-refractivity contribution in [3.05, 3.63) is 66.2 Å². The SMILES string of the molecule is O=C(Nc1ccc(OC(F)(F)F)cc1)C1CCN(C(=O)/C=C\c2ccccc2)CC1. The van der Waals surface area contributed by atoms with E-state index >= 15 is 0 Å². The smallest absolute Gasteiger partial charge is 0.406 e. The Morgan fingerprint density at radius 1 is 1.00 bits per heavy atom. The largest absolute Gasteiger partial charge is 0.573 e. The maximum absolute atomic E-state index is 12.4. The molecule has 1 aliphatic heterocycles. The number of likely N-dealkylation sites (tertiary alicyclic amines) is 1. The van der Waals surface area contributed by atoms with Gasteiger partial charge in [-0.1, -0.05) is 30.3 Å². The highest BCUT2D eigenvalue weighted by Crippen LogP contribution is 2.25. The second-order valence-electron chi connectivity index (χ2n) is 6.91. The number of carbonyl (C=O) groups excluding carboxylic acids is 2. The zero-order chi connectivity index (χ0) is 21.6. The van der Waals surface area contributed by atoms with Crippen LogP contribution in [0.5, 0.6) is 5.75 Å². The van der Waals surface area contributed by atoms with Crippen molar-refractivity contribution in [1.29, 1.82) is 0 Å². The highest BCUT2D eigenvalue weighted by atomic mass is 19.4. The molecule has 1 fully saturated rings. The third-order valence-corrected chi connectivity index (χ3v) is 4.75. The van der Waals surface area contributed by atoms with Crippen molar-refractivity contribution in [3.8, 4) is 5.75 Å². The number of nitrogens with one attached hydrogen (secondary N) is 1. The van der Waals surface area contributed by atoms with Gasteiger partial charge in [0.1, 0.15) is 5.75 Å². The molecule has 0 saturated carbocycles. The van der Waals surface area contributed by atoms with Crippen molar-refractivity contribution in [2.75, 3.05) is 18.4 Å². The Balaban J connectivity index is 1.47. The van der Waals surface area contributed by atoms with Crippen LogP contribution in [0, 0.1) is 5.92 Å². The van der Waals surface area contributed by atoms with Crippen LogP contribution in [0.25, 0.3) is 6.08 Å². The predicted octanol–water partition coefficient (Wildman–Crippen LogP) is 4.48. The summed E-state index contributed by atoms with van der Waals surface area (Å²) in [6, 6.07) is 14.5.